The minimum absolute atomic E-state index is 0.0525. The smallest absolute Gasteiger partial charge is 0.237 e. The summed E-state index contributed by atoms with van der Waals surface area (Å²) >= 11 is 0. The van der Waals surface area contributed by atoms with E-state index >= 15 is 0 Å². The minimum Gasteiger partial charge on any atom is -0.390 e. The molecule has 3 rings (SSSR count). The molecule has 2 heterocycles. The molecule has 1 amide bonds. The highest BCUT2D eigenvalue weighted by Crippen LogP contribution is 2.14. The van der Waals surface area contributed by atoms with E-state index < -0.39 is 6.10 Å². The molecule has 25 heavy (non-hydrogen) atoms. The molecular weight excluding hydrogens is 316 g/mol. The Morgan fingerprint density at radius 1 is 1.16 bits per heavy atom. The van der Waals surface area contributed by atoms with Gasteiger partial charge < -0.3 is 10.0 Å². The number of amides is 1. The lowest BCUT2D eigenvalue weighted by molar-refractivity contribution is -0.132. The molecule has 2 aromatic rings. The maximum Gasteiger partial charge on any atom is 0.237 e. The standard InChI is InChI=1S/C19H26N4O2/c1-15(2)23-11-17(8-20-23)9-21-12-18(24)13-22(19(25)14-21)10-16-6-4-3-5-7-16/h3-8,11,15,18,24H,9-10,12-14H2,1-2H3. The fraction of sp³-hybridized carbons (Fsp3) is 0.474. The highest BCUT2D eigenvalue weighted by atomic mass is 16.3. The van der Waals surface area contributed by atoms with Gasteiger partial charge in [-0.2, -0.15) is 5.10 Å². The predicted octanol–water partition coefficient (Wildman–Crippen LogP) is 1.67. The number of carbonyl (C=O) groups excluding carboxylic acids is 1. The van der Waals surface area contributed by atoms with Gasteiger partial charge in [0.15, 0.2) is 0 Å². The number of benzene rings is 1. The molecule has 6 nitrogen and oxygen atoms in total. The van der Waals surface area contributed by atoms with E-state index in [9.17, 15) is 9.90 Å². The van der Waals surface area contributed by atoms with Crippen LogP contribution in [0.1, 0.15) is 31.0 Å². The van der Waals surface area contributed by atoms with Crippen LogP contribution in [0, 0.1) is 0 Å². The maximum atomic E-state index is 12.6. The zero-order valence-corrected chi connectivity index (χ0v) is 14.9. The second-order valence-electron chi connectivity index (χ2n) is 7.01. The summed E-state index contributed by atoms with van der Waals surface area (Å²) in [5, 5.41) is 14.7. The molecule has 1 saturated heterocycles. The number of aromatic nitrogens is 2. The van der Waals surface area contributed by atoms with E-state index in [0.717, 1.165) is 11.1 Å². The van der Waals surface area contributed by atoms with Crippen molar-refractivity contribution in [3.8, 4) is 0 Å². The Labute approximate surface area is 148 Å². The highest BCUT2D eigenvalue weighted by Gasteiger charge is 2.27. The molecule has 1 aromatic heterocycles. The lowest BCUT2D eigenvalue weighted by Crippen LogP contribution is -2.36. The van der Waals surface area contributed by atoms with Crippen molar-refractivity contribution in [1.82, 2.24) is 19.6 Å². The van der Waals surface area contributed by atoms with E-state index in [2.05, 4.69) is 18.9 Å². The number of rotatable bonds is 5. The van der Waals surface area contributed by atoms with E-state index in [4.69, 9.17) is 0 Å². The molecule has 1 fully saturated rings. The molecule has 0 bridgehead atoms. The summed E-state index contributed by atoms with van der Waals surface area (Å²) in [7, 11) is 0. The van der Waals surface area contributed by atoms with E-state index in [-0.39, 0.29) is 5.91 Å². The third kappa shape index (κ3) is 4.67. The maximum absolute atomic E-state index is 12.6. The molecule has 1 aliphatic heterocycles. The second kappa shape index (κ2) is 7.80. The van der Waals surface area contributed by atoms with Crippen LogP contribution in [0.2, 0.25) is 0 Å². The Kier molecular flexibility index (Phi) is 5.50. The molecule has 0 spiro atoms. The SMILES string of the molecule is CC(C)n1cc(CN2CC(=O)N(Cc3ccccc3)CC(O)C2)cn1. The van der Waals surface area contributed by atoms with Crippen LogP contribution in [-0.4, -0.2) is 56.3 Å². The number of β-amino-alcohol motifs (C(OH)–C–C–N with tert-alkyl or cyclic N) is 1. The van der Waals surface area contributed by atoms with Gasteiger partial charge in [-0.05, 0) is 19.4 Å². The zero-order chi connectivity index (χ0) is 17.8. The molecular formula is C19H26N4O2. The molecule has 1 aromatic carbocycles. The first-order valence-corrected chi connectivity index (χ1v) is 8.76. The van der Waals surface area contributed by atoms with Gasteiger partial charge in [-0.1, -0.05) is 30.3 Å². The first-order chi connectivity index (χ1) is 12.0. The number of aliphatic hydroxyl groups excluding tert-OH is 1. The van der Waals surface area contributed by atoms with Gasteiger partial charge in [0.25, 0.3) is 0 Å². The van der Waals surface area contributed by atoms with Crippen molar-refractivity contribution in [2.45, 2.75) is 39.1 Å². The van der Waals surface area contributed by atoms with Gasteiger partial charge in [0.05, 0.1) is 18.8 Å². The predicted molar refractivity (Wildman–Crippen MR) is 95.8 cm³/mol. The Morgan fingerprint density at radius 2 is 1.92 bits per heavy atom. The largest absolute Gasteiger partial charge is 0.390 e. The van der Waals surface area contributed by atoms with Gasteiger partial charge in [-0.3, -0.25) is 14.4 Å². The van der Waals surface area contributed by atoms with Crippen molar-refractivity contribution >= 4 is 5.91 Å². The number of hydrogen-bond donors (Lipinski definition) is 1. The zero-order valence-electron chi connectivity index (χ0n) is 14.9. The summed E-state index contributed by atoms with van der Waals surface area (Å²) in [6.45, 7) is 6.50. The topological polar surface area (TPSA) is 61.6 Å². The Hall–Kier alpha value is -2.18. The van der Waals surface area contributed by atoms with Crippen molar-refractivity contribution in [2.24, 2.45) is 0 Å². The number of aliphatic hydroxyl groups is 1. The van der Waals surface area contributed by atoms with Gasteiger partial charge in [0, 0.05) is 44.0 Å². The molecule has 0 radical (unpaired) electrons. The second-order valence-corrected chi connectivity index (χ2v) is 7.01. The molecule has 1 atom stereocenters. The highest BCUT2D eigenvalue weighted by molar-refractivity contribution is 5.78. The van der Waals surface area contributed by atoms with Crippen molar-refractivity contribution in [2.75, 3.05) is 19.6 Å². The first kappa shape index (κ1) is 17.6. The quantitative estimate of drug-likeness (QED) is 0.898. The fourth-order valence-corrected chi connectivity index (χ4v) is 3.14. The Balaban J connectivity index is 1.65. The van der Waals surface area contributed by atoms with Crippen LogP contribution < -0.4 is 0 Å². The lowest BCUT2D eigenvalue weighted by atomic mass is 10.2. The summed E-state index contributed by atoms with van der Waals surface area (Å²) in [5.41, 5.74) is 2.14. The summed E-state index contributed by atoms with van der Waals surface area (Å²) in [5.74, 6) is 0.0525. The summed E-state index contributed by atoms with van der Waals surface area (Å²) in [4.78, 5) is 16.4. The van der Waals surface area contributed by atoms with E-state index in [0.29, 0.717) is 38.8 Å². The van der Waals surface area contributed by atoms with E-state index in [1.807, 2.05) is 52.3 Å². The number of carbonyl (C=O) groups is 1. The summed E-state index contributed by atoms with van der Waals surface area (Å²) < 4.78 is 1.91. The van der Waals surface area contributed by atoms with Crippen LogP contribution in [0.15, 0.2) is 42.7 Å². The van der Waals surface area contributed by atoms with Crippen LogP contribution in [0.4, 0.5) is 0 Å². The monoisotopic (exact) mass is 342 g/mol. The molecule has 1 N–H and O–H groups in total. The van der Waals surface area contributed by atoms with Gasteiger partial charge >= 0.3 is 0 Å². The van der Waals surface area contributed by atoms with Crippen LogP contribution in [0.25, 0.3) is 0 Å². The molecule has 1 unspecified atom stereocenters. The molecule has 134 valence electrons. The minimum atomic E-state index is -0.546. The average molecular weight is 342 g/mol. The molecule has 0 saturated carbocycles. The van der Waals surface area contributed by atoms with E-state index in [1.54, 1.807) is 4.90 Å². The fourth-order valence-electron chi connectivity index (χ4n) is 3.14. The summed E-state index contributed by atoms with van der Waals surface area (Å²) in [6.07, 6.45) is 3.30. The molecule has 0 aliphatic carbocycles. The van der Waals surface area contributed by atoms with Crippen molar-refractivity contribution < 1.29 is 9.90 Å². The van der Waals surface area contributed by atoms with Crippen LogP contribution in [0.3, 0.4) is 0 Å². The van der Waals surface area contributed by atoms with E-state index in [1.165, 1.54) is 0 Å². The Bertz CT molecular complexity index is 698. The number of hydrogen-bond acceptors (Lipinski definition) is 4. The van der Waals surface area contributed by atoms with Crippen molar-refractivity contribution in [1.29, 1.82) is 0 Å². The Morgan fingerprint density at radius 3 is 2.60 bits per heavy atom. The van der Waals surface area contributed by atoms with Crippen LogP contribution >= 0.6 is 0 Å². The third-order valence-corrected chi connectivity index (χ3v) is 4.42. The third-order valence-electron chi connectivity index (χ3n) is 4.42. The first-order valence-electron chi connectivity index (χ1n) is 8.76. The van der Waals surface area contributed by atoms with Gasteiger partial charge in [-0.25, -0.2) is 0 Å². The molecule has 1 aliphatic rings. The van der Waals surface area contributed by atoms with Gasteiger partial charge in [0.2, 0.25) is 5.91 Å². The van der Waals surface area contributed by atoms with Crippen LogP contribution in [-0.2, 0) is 17.9 Å². The van der Waals surface area contributed by atoms with Gasteiger partial charge in [-0.15, -0.1) is 0 Å². The van der Waals surface area contributed by atoms with Gasteiger partial charge in [0.1, 0.15) is 0 Å². The number of nitrogens with zero attached hydrogens (tertiary/aromatic N) is 4. The summed E-state index contributed by atoms with van der Waals surface area (Å²) in [6, 6.07) is 10.2. The molecule has 6 heteroatoms. The normalized spacial score (nSPS) is 19.4. The van der Waals surface area contributed by atoms with Crippen molar-refractivity contribution in [3.05, 3.63) is 53.9 Å². The van der Waals surface area contributed by atoms with Crippen LogP contribution in [0.5, 0.6) is 0 Å². The lowest BCUT2D eigenvalue weighted by Gasteiger charge is -2.22. The van der Waals surface area contributed by atoms with Crippen molar-refractivity contribution in [3.63, 3.8) is 0 Å². The average Bonchev–Trinajstić information content (AvgIpc) is 2.98.